The highest BCUT2D eigenvalue weighted by atomic mass is 16.2. The minimum Gasteiger partial charge on any atom is -0.352 e. The number of aromatic nitrogens is 3. The van der Waals surface area contributed by atoms with E-state index in [4.69, 9.17) is 0 Å². The van der Waals surface area contributed by atoms with Gasteiger partial charge in [0.05, 0.1) is 6.20 Å². The molecule has 0 saturated carbocycles. The number of anilines is 1. The number of hydrogen-bond donors (Lipinski definition) is 2. The van der Waals surface area contributed by atoms with Crippen molar-refractivity contribution in [2.45, 2.75) is 13.8 Å². The number of hydrogen-bond acceptors (Lipinski definition) is 3. The van der Waals surface area contributed by atoms with E-state index >= 15 is 0 Å². The minimum atomic E-state index is -0.261. The number of nitrogens with zero attached hydrogens (tertiary/aromatic N) is 3. The zero-order valence-corrected chi connectivity index (χ0v) is 13.8. The van der Waals surface area contributed by atoms with Crippen LogP contribution in [0.1, 0.15) is 33.2 Å². The van der Waals surface area contributed by atoms with Crippen LogP contribution in [0, 0.1) is 6.92 Å². The molecule has 2 amide bonds. The summed E-state index contributed by atoms with van der Waals surface area (Å²) in [5.74, 6) is -0.425. The minimum absolute atomic E-state index is 0.164. The van der Waals surface area contributed by atoms with Gasteiger partial charge in [-0.2, -0.15) is 5.10 Å². The Morgan fingerprint density at radius 2 is 2.00 bits per heavy atom. The highest BCUT2D eigenvalue weighted by Gasteiger charge is 2.17. The van der Waals surface area contributed by atoms with Gasteiger partial charge >= 0.3 is 0 Å². The number of carbonyl (C=O) groups excluding carboxylic acids is 2. The van der Waals surface area contributed by atoms with Gasteiger partial charge in [0.25, 0.3) is 11.8 Å². The molecule has 0 fully saturated rings. The number of amides is 2. The second-order valence-electron chi connectivity index (χ2n) is 5.58. The molecule has 0 aliphatic heterocycles. The van der Waals surface area contributed by atoms with Crippen molar-refractivity contribution in [2.75, 3.05) is 11.9 Å². The first-order valence-electron chi connectivity index (χ1n) is 7.70. The third-order valence-corrected chi connectivity index (χ3v) is 3.86. The molecule has 2 heterocycles. The standard InChI is InChI=1S/C17H19N5O2/c1-4-18-15(23)12-6-5-11(2)14(9-12)20-16(24)13-10-19-22-8-7-21(3)17(13)22/h5-10H,4H2,1-3H3,(H,18,23)(H,20,24). The Balaban J connectivity index is 1.90. The molecule has 0 saturated heterocycles. The third-order valence-electron chi connectivity index (χ3n) is 3.86. The van der Waals surface area contributed by atoms with Gasteiger partial charge in [-0.25, -0.2) is 4.52 Å². The lowest BCUT2D eigenvalue weighted by Crippen LogP contribution is -2.23. The number of rotatable bonds is 4. The summed E-state index contributed by atoms with van der Waals surface area (Å²) < 4.78 is 3.48. The Hall–Kier alpha value is -3.09. The van der Waals surface area contributed by atoms with Crippen LogP contribution in [0.3, 0.4) is 0 Å². The van der Waals surface area contributed by atoms with Crippen LogP contribution in [-0.2, 0) is 7.05 Å². The molecule has 3 rings (SSSR count). The molecule has 2 aromatic heterocycles. The fourth-order valence-electron chi connectivity index (χ4n) is 2.56. The summed E-state index contributed by atoms with van der Waals surface area (Å²) in [5.41, 5.74) is 3.19. The second kappa shape index (κ2) is 6.19. The topological polar surface area (TPSA) is 80.4 Å². The Morgan fingerprint density at radius 3 is 2.75 bits per heavy atom. The molecule has 124 valence electrons. The van der Waals surface area contributed by atoms with Gasteiger partial charge in [0.2, 0.25) is 0 Å². The first-order chi connectivity index (χ1) is 11.5. The van der Waals surface area contributed by atoms with Crippen molar-refractivity contribution in [1.82, 2.24) is 19.5 Å². The molecule has 0 unspecified atom stereocenters. The van der Waals surface area contributed by atoms with Crippen LogP contribution in [0.15, 0.2) is 36.8 Å². The van der Waals surface area contributed by atoms with Crippen LogP contribution in [0.4, 0.5) is 5.69 Å². The summed E-state index contributed by atoms with van der Waals surface area (Å²) >= 11 is 0. The van der Waals surface area contributed by atoms with E-state index in [1.807, 2.05) is 37.7 Å². The first kappa shape index (κ1) is 15.8. The van der Waals surface area contributed by atoms with Crippen LogP contribution in [0.5, 0.6) is 0 Å². The lowest BCUT2D eigenvalue weighted by Gasteiger charge is -2.10. The number of fused-ring (bicyclic) bond motifs is 1. The molecule has 0 aliphatic carbocycles. The predicted molar refractivity (Wildman–Crippen MR) is 91.3 cm³/mol. The van der Waals surface area contributed by atoms with Gasteiger partial charge in [-0.15, -0.1) is 0 Å². The molecule has 24 heavy (non-hydrogen) atoms. The lowest BCUT2D eigenvalue weighted by atomic mass is 10.1. The molecule has 7 nitrogen and oxygen atoms in total. The van der Waals surface area contributed by atoms with Crippen LogP contribution < -0.4 is 10.6 Å². The van der Waals surface area contributed by atoms with Crippen molar-refractivity contribution in [3.63, 3.8) is 0 Å². The number of nitrogens with one attached hydrogen (secondary N) is 2. The van der Waals surface area contributed by atoms with Gasteiger partial charge in [0, 0.05) is 37.2 Å². The van der Waals surface area contributed by atoms with Crippen LogP contribution in [-0.4, -0.2) is 32.5 Å². The Morgan fingerprint density at radius 1 is 1.21 bits per heavy atom. The largest absolute Gasteiger partial charge is 0.352 e. The van der Waals surface area contributed by atoms with Gasteiger partial charge in [-0.05, 0) is 31.5 Å². The van der Waals surface area contributed by atoms with E-state index in [9.17, 15) is 9.59 Å². The Kier molecular flexibility index (Phi) is 4.07. The molecule has 0 spiro atoms. The van der Waals surface area contributed by atoms with Crippen molar-refractivity contribution in [2.24, 2.45) is 7.05 Å². The second-order valence-corrected chi connectivity index (χ2v) is 5.58. The van der Waals surface area contributed by atoms with E-state index < -0.39 is 0 Å². The molecular weight excluding hydrogens is 306 g/mol. The highest BCUT2D eigenvalue weighted by Crippen LogP contribution is 2.19. The van der Waals surface area contributed by atoms with Gasteiger partial charge in [0.1, 0.15) is 11.2 Å². The molecular formula is C17H19N5O2. The van der Waals surface area contributed by atoms with E-state index in [0.717, 1.165) is 5.56 Å². The van der Waals surface area contributed by atoms with Gasteiger partial charge in [-0.1, -0.05) is 6.07 Å². The maximum atomic E-state index is 12.6. The summed E-state index contributed by atoms with van der Waals surface area (Å²) in [5, 5.41) is 9.79. The van der Waals surface area contributed by atoms with E-state index in [1.165, 1.54) is 6.20 Å². The summed E-state index contributed by atoms with van der Waals surface area (Å²) in [6, 6.07) is 5.24. The normalized spacial score (nSPS) is 10.8. The van der Waals surface area contributed by atoms with Gasteiger partial charge < -0.3 is 15.2 Å². The van der Waals surface area contributed by atoms with Crippen molar-refractivity contribution >= 4 is 23.1 Å². The summed E-state index contributed by atoms with van der Waals surface area (Å²) in [6.45, 7) is 4.30. The fraction of sp³-hybridized carbons (Fsp3) is 0.235. The average Bonchev–Trinajstić information content (AvgIpc) is 3.13. The van der Waals surface area contributed by atoms with Crippen molar-refractivity contribution in [1.29, 1.82) is 0 Å². The van der Waals surface area contributed by atoms with Crippen molar-refractivity contribution in [3.05, 3.63) is 53.5 Å². The number of benzene rings is 1. The number of carbonyl (C=O) groups is 2. The molecule has 1 aromatic carbocycles. The quantitative estimate of drug-likeness (QED) is 0.770. The van der Waals surface area contributed by atoms with E-state index in [2.05, 4.69) is 15.7 Å². The summed E-state index contributed by atoms with van der Waals surface area (Å²) in [6.07, 6.45) is 5.15. The van der Waals surface area contributed by atoms with Crippen LogP contribution in [0.25, 0.3) is 5.65 Å². The summed E-state index contributed by atoms with van der Waals surface area (Å²) in [7, 11) is 1.86. The summed E-state index contributed by atoms with van der Waals surface area (Å²) in [4.78, 5) is 24.6. The zero-order chi connectivity index (χ0) is 17.3. The van der Waals surface area contributed by atoms with Crippen LogP contribution in [0.2, 0.25) is 0 Å². The Bertz CT molecular complexity index is 922. The monoisotopic (exact) mass is 325 g/mol. The maximum Gasteiger partial charge on any atom is 0.261 e. The van der Waals surface area contributed by atoms with E-state index in [0.29, 0.717) is 29.0 Å². The first-order valence-corrected chi connectivity index (χ1v) is 7.70. The molecule has 0 aliphatic rings. The third kappa shape index (κ3) is 2.76. The maximum absolute atomic E-state index is 12.6. The molecule has 0 radical (unpaired) electrons. The van der Waals surface area contributed by atoms with Gasteiger partial charge in [0.15, 0.2) is 0 Å². The molecule has 0 bridgehead atoms. The van der Waals surface area contributed by atoms with E-state index in [1.54, 1.807) is 22.8 Å². The predicted octanol–water partition coefficient (Wildman–Crippen LogP) is 1.98. The lowest BCUT2D eigenvalue weighted by molar-refractivity contribution is 0.0954. The fourth-order valence-corrected chi connectivity index (χ4v) is 2.56. The number of aryl methyl sites for hydroxylation is 2. The van der Waals surface area contributed by atoms with Crippen LogP contribution >= 0.6 is 0 Å². The van der Waals surface area contributed by atoms with Crippen molar-refractivity contribution in [3.8, 4) is 0 Å². The smallest absolute Gasteiger partial charge is 0.261 e. The molecule has 2 N–H and O–H groups in total. The molecule has 3 aromatic rings. The average molecular weight is 325 g/mol. The zero-order valence-electron chi connectivity index (χ0n) is 13.8. The highest BCUT2D eigenvalue weighted by molar-refractivity contribution is 6.09. The van der Waals surface area contributed by atoms with Gasteiger partial charge in [-0.3, -0.25) is 9.59 Å². The Labute approximate surface area is 139 Å². The SMILES string of the molecule is CCNC(=O)c1ccc(C)c(NC(=O)c2cnn3ccn(C)c23)c1. The van der Waals surface area contributed by atoms with E-state index in [-0.39, 0.29) is 11.8 Å². The molecule has 0 atom stereocenters. The molecule has 7 heteroatoms. The number of imidazole rings is 1. The van der Waals surface area contributed by atoms with Crippen molar-refractivity contribution < 1.29 is 9.59 Å².